The number of ether oxygens (including phenoxy) is 1. The van der Waals surface area contributed by atoms with E-state index >= 15 is 0 Å². The number of likely N-dealkylation sites (N-methyl/N-ethyl adjacent to an activating group) is 1. The molecule has 1 heterocycles. The summed E-state index contributed by atoms with van der Waals surface area (Å²) >= 11 is 0. The number of hydrogen-bond donors (Lipinski definition) is 1. The molecule has 0 spiro atoms. The van der Waals surface area contributed by atoms with E-state index in [9.17, 15) is 9.90 Å². The van der Waals surface area contributed by atoms with Crippen LogP contribution in [0.2, 0.25) is 0 Å². The van der Waals surface area contributed by atoms with E-state index in [1.165, 1.54) is 0 Å². The fraction of sp³-hybridized carbons (Fsp3) is 0.611. The van der Waals surface area contributed by atoms with E-state index in [0.29, 0.717) is 25.2 Å². The summed E-state index contributed by atoms with van der Waals surface area (Å²) in [4.78, 5) is 16.5. The molecule has 128 valence electrons. The second-order valence-electron chi connectivity index (χ2n) is 6.37. The van der Waals surface area contributed by atoms with Crippen molar-refractivity contribution in [2.75, 3.05) is 45.4 Å². The highest BCUT2D eigenvalue weighted by atomic mass is 16.5. The van der Waals surface area contributed by atoms with Crippen molar-refractivity contribution < 1.29 is 14.6 Å². The van der Waals surface area contributed by atoms with E-state index in [1.54, 1.807) is 11.9 Å². The number of nitrogens with zero attached hydrogens (tertiary/aromatic N) is 2. The molecule has 1 aromatic carbocycles. The summed E-state index contributed by atoms with van der Waals surface area (Å²) in [6, 6.07) is 7.68. The van der Waals surface area contributed by atoms with Gasteiger partial charge in [-0.3, -0.25) is 4.79 Å². The number of aliphatic hydroxyl groups excluding tert-OH is 1. The molecule has 0 saturated carbocycles. The van der Waals surface area contributed by atoms with Crippen molar-refractivity contribution in [1.82, 2.24) is 4.90 Å². The van der Waals surface area contributed by atoms with Gasteiger partial charge in [-0.05, 0) is 37.1 Å². The molecule has 1 atom stereocenters. The first-order valence-electron chi connectivity index (χ1n) is 8.32. The molecule has 1 saturated heterocycles. The Labute approximate surface area is 138 Å². The number of carbonyl (C=O) groups excluding carboxylic acids is 1. The molecule has 1 aliphatic rings. The second-order valence-corrected chi connectivity index (χ2v) is 6.37. The lowest BCUT2D eigenvalue weighted by Crippen LogP contribution is -2.52. The quantitative estimate of drug-likeness (QED) is 0.836. The summed E-state index contributed by atoms with van der Waals surface area (Å²) in [7, 11) is 3.81. The first-order valence-corrected chi connectivity index (χ1v) is 8.32. The zero-order valence-corrected chi connectivity index (χ0v) is 14.4. The lowest BCUT2D eigenvalue weighted by atomic mass is 9.97. The van der Waals surface area contributed by atoms with Crippen LogP contribution in [-0.4, -0.2) is 61.9 Å². The maximum atomic E-state index is 12.7. The van der Waals surface area contributed by atoms with Gasteiger partial charge in [0.2, 0.25) is 0 Å². The maximum Gasteiger partial charge on any atom is 0.254 e. The largest absolute Gasteiger partial charge is 0.394 e. The topological polar surface area (TPSA) is 53.0 Å². The van der Waals surface area contributed by atoms with Crippen LogP contribution in [-0.2, 0) is 4.74 Å². The highest BCUT2D eigenvalue weighted by Gasteiger charge is 2.40. The smallest absolute Gasteiger partial charge is 0.254 e. The van der Waals surface area contributed by atoms with Crippen LogP contribution >= 0.6 is 0 Å². The van der Waals surface area contributed by atoms with Gasteiger partial charge in [0.25, 0.3) is 5.91 Å². The minimum absolute atomic E-state index is 0.0763. The van der Waals surface area contributed by atoms with Gasteiger partial charge in [0.05, 0.1) is 18.8 Å². The molecular weight excluding hydrogens is 292 g/mol. The van der Waals surface area contributed by atoms with Crippen LogP contribution in [0.15, 0.2) is 24.3 Å². The first-order chi connectivity index (χ1) is 11.0. The number of hydrogen-bond acceptors (Lipinski definition) is 4. The number of aliphatic hydroxyl groups is 1. The van der Waals surface area contributed by atoms with Gasteiger partial charge >= 0.3 is 0 Å². The average molecular weight is 320 g/mol. The molecule has 5 heteroatoms. The van der Waals surface area contributed by atoms with Crippen molar-refractivity contribution >= 4 is 11.6 Å². The summed E-state index contributed by atoms with van der Waals surface area (Å²) in [6.07, 6.45) is 2.99. The Kier molecular flexibility index (Phi) is 6.02. The second kappa shape index (κ2) is 7.79. The number of anilines is 1. The molecule has 1 fully saturated rings. The van der Waals surface area contributed by atoms with Crippen molar-refractivity contribution in [2.24, 2.45) is 0 Å². The van der Waals surface area contributed by atoms with Gasteiger partial charge in [0.1, 0.15) is 0 Å². The van der Waals surface area contributed by atoms with Gasteiger partial charge in [-0.2, -0.15) is 0 Å². The molecule has 0 aromatic heterocycles. The summed E-state index contributed by atoms with van der Waals surface area (Å²) in [5.74, 6) is -0.0766. The predicted molar refractivity (Wildman–Crippen MR) is 92.0 cm³/mol. The zero-order valence-electron chi connectivity index (χ0n) is 14.4. The number of benzene rings is 1. The highest BCUT2D eigenvalue weighted by Crippen LogP contribution is 2.26. The Morgan fingerprint density at radius 3 is 2.52 bits per heavy atom. The summed E-state index contributed by atoms with van der Waals surface area (Å²) < 4.78 is 5.39. The van der Waals surface area contributed by atoms with Gasteiger partial charge in [-0.25, -0.2) is 0 Å². The first kappa shape index (κ1) is 17.8. The molecule has 5 nitrogen and oxygen atoms in total. The lowest BCUT2D eigenvalue weighted by molar-refractivity contribution is 0.0281. The Morgan fingerprint density at radius 2 is 2.00 bits per heavy atom. The van der Waals surface area contributed by atoms with Gasteiger partial charge in [0, 0.05) is 38.5 Å². The number of rotatable bonds is 7. The van der Waals surface area contributed by atoms with Crippen LogP contribution in [0.3, 0.4) is 0 Å². The fourth-order valence-electron chi connectivity index (χ4n) is 2.88. The van der Waals surface area contributed by atoms with E-state index in [1.807, 2.05) is 24.3 Å². The van der Waals surface area contributed by atoms with E-state index in [-0.39, 0.29) is 12.5 Å². The number of carbonyl (C=O) groups is 1. The molecule has 1 N–H and O–H groups in total. The van der Waals surface area contributed by atoms with Crippen LogP contribution in [0, 0.1) is 0 Å². The maximum absolute atomic E-state index is 12.7. The fourth-order valence-corrected chi connectivity index (χ4v) is 2.88. The standard InChI is InChI=1S/C18H28N2O3/c1-4-5-11-19(2)16-8-6-15(7-9-16)17(22)20(3)18(13-21)10-12-23-14-18/h6-9,21H,4-5,10-14H2,1-3H3. The molecule has 0 radical (unpaired) electrons. The van der Waals surface area contributed by atoms with Gasteiger partial charge in [0.15, 0.2) is 0 Å². The van der Waals surface area contributed by atoms with Crippen molar-refractivity contribution in [3.8, 4) is 0 Å². The van der Waals surface area contributed by atoms with Crippen molar-refractivity contribution in [3.63, 3.8) is 0 Å². The summed E-state index contributed by atoms with van der Waals surface area (Å²) in [5.41, 5.74) is 1.16. The van der Waals surface area contributed by atoms with Gasteiger partial charge in [-0.1, -0.05) is 13.3 Å². The minimum atomic E-state index is -0.590. The molecule has 1 aromatic rings. The lowest BCUT2D eigenvalue weighted by Gasteiger charge is -2.36. The zero-order chi connectivity index (χ0) is 16.9. The third kappa shape index (κ3) is 3.85. The number of unbranched alkanes of at least 4 members (excludes halogenated alkanes) is 1. The Hall–Kier alpha value is -1.59. The molecular formula is C18H28N2O3. The molecule has 1 amide bonds. The van der Waals surface area contributed by atoms with Crippen LogP contribution < -0.4 is 4.90 Å². The van der Waals surface area contributed by atoms with E-state index in [2.05, 4.69) is 18.9 Å². The number of amides is 1. The molecule has 23 heavy (non-hydrogen) atoms. The average Bonchev–Trinajstić information content (AvgIpc) is 3.08. The molecule has 0 aliphatic carbocycles. The van der Waals surface area contributed by atoms with Crippen molar-refractivity contribution in [3.05, 3.63) is 29.8 Å². The third-order valence-electron chi connectivity index (χ3n) is 4.80. The molecule has 1 unspecified atom stereocenters. The Morgan fingerprint density at radius 1 is 1.30 bits per heavy atom. The Bertz CT molecular complexity index is 510. The van der Waals surface area contributed by atoms with Crippen molar-refractivity contribution in [2.45, 2.75) is 31.7 Å². The third-order valence-corrected chi connectivity index (χ3v) is 4.80. The van der Waals surface area contributed by atoms with Crippen LogP contribution in [0.4, 0.5) is 5.69 Å². The van der Waals surface area contributed by atoms with E-state index in [0.717, 1.165) is 25.1 Å². The van der Waals surface area contributed by atoms with Crippen LogP contribution in [0.1, 0.15) is 36.5 Å². The van der Waals surface area contributed by atoms with Crippen LogP contribution in [0.25, 0.3) is 0 Å². The molecule has 0 bridgehead atoms. The normalized spacial score (nSPS) is 20.5. The molecule has 1 aliphatic heterocycles. The Balaban J connectivity index is 2.07. The molecule has 2 rings (SSSR count). The predicted octanol–water partition coefficient (Wildman–Crippen LogP) is 2.15. The van der Waals surface area contributed by atoms with Crippen molar-refractivity contribution in [1.29, 1.82) is 0 Å². The van der Waals surface area contributed by atoms with Gasteiger partial charge < -0.3 is 19.6 Å². The monoisotopic (exact) mass is 320 g/mol. The van der Waals surface area contributed by atoms with E-state index < -0.39 is 5.54 Å². The van der Waals surface area contributed by atoms with Gasteiger partial charge in [-0.15, -0.1) is 0 Å². The SMILES string of the molecule is CCCCN(C)c1ccc(C(=O)N(C)C2(CO)CCOC2)cc1. The summed E-state index contributed by atoms with van der Waals surface area (Å²) in [6.45, 7) is 4.08. The summed E-state index contributed by atoms with van der Waals surface area (Å²) in [5, 5.41) is 9.70. The highest BCUT2D eigenvalue weighted by molar-refractivity contribution is 5.95. The van der Waals surface area contributed by atoms with Crippen LogP contribution in [0.5, 0.6) is 0 Å². The minimum Gasteiger partial charge on any atom is -0.394 e. The van der Waals surface area contributed by atoms with E-state index in [4.69, 9.17) is 4.74 Å².